The topological polar surface area (TPSA) is 89.6 Å². The highest BCUT2D eigenvalue weighted by Crippen LogP contribution is 2.42. The van der Waals surface area contributed by atoms with Crippen molar-refractivity contribution >= 4 is 52.1 Å². The van der Waals surface area contributed by atoms with Crippen LogP contribution in [0.1, 0.15) is 36.3 Å². The second-order valence-corrected chi connectivity index (χ2v) is 8.29. The summed E-state index contributed by atoms with van der Waals surface area (Å²) in [5.74, 6) is 1.03. The highest BCUT2D eigenvalue weighted by atomic mass is 127. The van der Waals surface area contributed by atoms with Gasteiger partial charge in [-0.05, 0) is 41.4 Å². The number of hydrogen-bond donors (Lipinski definition) is 1. The van der Waals surface area contributed by atoms with Gasteiger partial charge in [-0.25, -0.2) is 14.8 Å². The van der Waals surface area contributed by atoms with Gasteiger partial charge in [0.2, 0.25) is 6.10 Å². The van der Waals surface area contributed by atoms with E-state index < -0.39 is 12.1 Å². The molecule has 1 fully saturated rings. The molecule has 1 aliphatic carbocycles. The Balaban J connectivity index is 1.36. The number of hydrogen-bond acceptors (Lipinski definition) is 6. The van der Waals surface area contributed by atoms with Crippen LogP contribution in [0.5, 0.6) is 0 Å². The van der Waals surface area contributed by atoms with Crippen LogP contribution >= 0.6 is 34.2 Å². The van der Waals surface area contributed by atoms with Crippen LogP contribution in [0.4, 0.5) is 0 Å². The summed E-state index contributed by atoms with van der Waals surface area (Å²) in [6.45, 7) is 0.322. The largest absolute Gasteiger partial charge is 0.464 e. The molecule has 0 saturated heterocycles. The van der Waals surface area contributed by atoms with E-state index >= 15 is 0 Å². The molecule has 1 saturated carbocycles. The molecule has 1 aliphatic rings. The first kappa shape index (κ1) is 20.1. The van der Waals surface area contributed by atoms with Gasteiger partial charge < -0.3 is 9.47 Å². The van der Waals surface area contributed by atoms with E-state index in [1.165, 1.54) is 0 Å². The van der Waals surface area contributed by atoms with Gasteiger partial charge in [0.1, 0.15) is 15.0 Å². The van der Waals surface area contributed by atoms with E-state index in [1.807, 2.05) is 28.8 Å². The molecular formula is C20H18ClIN4O3. The molecule has 9 heteroatoms. The average Bonchev–Trinajstić information content (AvgIpc) is 3.03. The highest BCUT2D eigenvalue weighted by molar-refractivity contribution is 14.1. The lowest BCUT2D eigenvalue weighted by Crippen LogP contribution is -2.30. The van der Waals surface area contributed by atoms with E-state index in [-0.39, 0.29) is 11.8 Å². The van der Waals surface area contributed by atoms with Crippen molar-refractivity contribution in [2.24, 2.45) is 5.92 Å². The zero-order valence-corrected chi connectivity index (χ0v) is 18.2. The number of imidazole rings is 1. The van der Waals surface area contributed by atoms with Crippen LogP contribution in [0.15, 0.2) is 42.7 Å². The van der Waals surface area contributed by atoms with Crippen molar-refractivity contribution in [3.63, 3.8) is 0 Å². The summed E-state index contributed by atoms with van der Waals surface area (Å²) in [6, 6.07) is 9.04. The summed E-state index contributed by atoms with van der Waals surface area (Å²) in [4.78, 5) is 21.2. The maximum atomic E-state index is 12.5. The number of benzene rings is 1. The molecule has 29 heavy (non-hydrogen) atoms. The minimum atomic E-state index is -0.919. The number of nitrogens with one attached hydrogen (secondary N) is 1. The molecule has 2 heterocycles. The quantitative estimate of drug-likeness (QED) is 0.214. The molecule has 0 amide bonds. The Kier molecular flexibility index (Phi) is 6.00. The van der Waals surface area contributed by atoms with Gasteiger partial charge in [-0.3, -0.25) is 9.81 Å². The Bertz CT molecular complexity index is 1040. The Morgan fingerprint density at radius 2 is 2.14 bits per heavy atom. The fraction of sp³-hybridized carbons (Fsp3) is 0.300. The summed E-state index contributed by atoms with van der Waals surface area (Å²) in [5.41, 5.74) is 1.49. The van der Waals surface area contributed by atoms with E-state index in [0.29, 0.717) is 17.3 Å². The van der Waals surface area contributed by atoms with E-state index in [9.17, 15) is 4.79 Å². The lowest BCUT2D eigenvalue weighted by atomic mass is 9.75. The number of fused-ring (bicyclic) bond motifs is 1. The lowest BCUT2D eigenvalue weighted by Gasteiger charge is -2.34. The minimum Gasteiger partial charge on any atom is -0.464 e. The predicted molar refractivity (Wildman–Crippen MR) is 116 cm³/mol. The van der Waals surface area contributed by atoms with Gasteiger partial charge in [-0.15, -0.1) is 0 Å². The predicted octanol–water partition coefficient (Wildman–Crippen LogP) is 4.39. The SMILES string of the molecule is N=CO[C@@H](C(=O)OC[C@H]1C[C@@H](c2nc(I)c3c(Cl)nccn32)C1)c1ccccc1. The first-order chi connectivity index (χ1) is 14.1. The molecular weight excluding hydrogens is 507 g/mol. The van der Waals surface area contributed by atoms with Crippen LogP contribution in [-0.2, 0) is 14.3 Å². The number of carbonyl (C=O) groups is 1. The molecule has 0 aliphatic heterocycles. The first-order valence-corrected chi connectivity index (χ1v) is 10.6. The van der Waals surface area contributed by atoms with Crippen LogP contribution in [0.2, 0.25) is 5.15 Å². The standard InChI is InChI=1S/C20H18ClIN4O3/c21-17-15-18(22)25-19(26(15)7-6-24-17)14-8-12(9-14)10-28-20(27)16(29-11-23)13-4-2-1-3-5-13/h1-7,11-12,14,16,23H,8-10H2/t12-,14+,16-/m1/s1. The van der Waals surface area contributed by atoms with Gasteiger partial charge in [-0.1, -0.05) is 41.9 Å². The van der Waals surface area contributed by atoms with E-state index in [2.05, 4.69) is 32.6 Å². The maximum absolute atomic E-state index is 12.5. The third kappa shape index (κ3) is 4.09. The molecule has 1 aromatic carbocycles. The molecule has 150 valence electrons. The number of nitrogens with zero attached hydrogens (tertiary/aromatic N) is 3. The van der Waals surface area contributed by atoms with Crippen molar-refractivity contribution in [2.75, 3.05) is 6.61 Å². The second kappa shape index (κ2) is 8.66. The monoisotopic (exact) mass is 524 g/mol. The smallest absolute Gasteiger partial charge is 0.352 e. The minimum absolute atomic E-state index is 0.266. The fourth-order valence-electron chi connectivity index (χ4n) is 3.60. The van der Waals surface area contributed by atoms with Crippen molar-refractivity contribution in [3.05, 3.63) is 63.0 Å². The van der Waals surface area contributed by atoms with Gasteiger partial charge in [0, 0.05) is 23.9 Å². The number of ether oxygens (including phenoxy) is 2. The lowest BCUT2D eigenvalue weighted by molar-refractivity contribution is -0.155. The fourth-order valence-corrected chi connectivity index (χ4v) is 4.75. The first-order valence-electron chi connectivity index (χ1n) is 9.12. The van der Waals surface area contributed by atoms with Gasteiger partial charge in [0.05, 0.1) is 6.61 Å². The zero-order valence-electron chi connectivity index (χ0n) is 15.3. The normalized spacial score (nSPS) is 19.4. The average molecular weight is 525 g/mol. The van der Waals surface area contributed by atoms with Crippen LogP contribution in [-0.4, -0.2) is 33.3 Å². The van der Waals surface area contributed by atoms with Gasteiger partial charge in [-0.2, -0.15) is 0 Å². The molecule has 1 atom stereocenters. The van der Waals surface area contributed by atoms with Gasteiger partial charge in [0.25, 0.3) is 0 Å². The Labute approximate surface area is 186 Å². The van der Waals surface area contributed by atoms with Crippen molar-refractivity contribution in [1.82, 2.24) is 14.4 Å². The summed E-state index contributed by atoms with van der Waals surface area (Å²) in [5, 5.41) is 7.61. The third-order valence-corrected chi connectivity index (χ3v) is 6.11. The highest BCUT2D eigenvalue weighted by Gasteiger charge is 2.35. The van der Waals surface area contributed by atoms with Crippen LogP contribution in [0, 0.1) is 15.0 Å². The molecule has 2 aromatic heterocycles. The zero-order chi connectivity index (χ0) is 20.4. The van der Waals surface area contributed by atoms with Crippen molar-refractivity contribution < 1.29 is 14.3 Å². The summed E-state index contributed by atoms with van der Waals surface area (Å²) >= 11 is 8.37. The number of aromatic nitrogens is 3. The van der Waals surface area contributed by atoms with E-state index in [1.54, 1.807) is 18.3 Å². The Morgan fingerprint density at radius 3 is 2.86 bits per heavy atom. The molecule has 4 rings (SSSR count). The number of halogens is 2. The van der Waals surface area contributed by atoms with Crippen LogP contribution < -0.4 is 0 Å². The second-order valence-electron chi connectivity index (χ2n) is 6.91. The van der Waals surface area contributed by atoms with E-state index in [4.69, 9.17) is 26.5 Å². The maximum Gasteiger partial charge on any atom is 0.352 e. The van der Waals surface area contributed by atoms with Gasteiger partial charge >= 0.3 is 5.97 Å². The number of rotatable bonds is 7. The summed E-state index contributed by atoms with van der Waals surface area (Å²) < 4.78 is 13.5. The van der Waals surface area contributed by atoms with Gasteiger partial charge in [0.15, 0.2) is 11.6 Å². The third-order valence-electron chi connectivity index (χ3n) is 5.08. The van der Waals surface area contributed by atoms with Crippen LogP contribution in [0.3, 0.4) is 0 Å². The molecule has 0 unspecified atom stereocenters. The Hall–Kier alpha value is -2.20. The molecule has 0 spiro atoms. The van der Waals surface area contributed by atoms with Crippen molar-refractivity contribution in [1.29, 1.82) is 5.41 Å². The van der Waals surface area contributed by atoms with Crippen LogP contribution in [0.25, 0.3) is 5.52 Å². The van der Waals surface area contributed by atoms with Crippen molar-refractivity contribution in [3.8, 4) is 0 Å². The molecule has 7 nitrogen and oxygen atoms in total. The molecule has 1 N–H and O–H groups in total. The van der Waals surface area contributed by atoms with Crippen molar-refractivity contribution in [2.45, 2.75) is 24.9 Å². The molecule has 0 radical (unpaired) electrons. The number of carbonyl (C=O) groups excluding carboxylic acids is 1. The molecule has 3 aromatic rings. The molecule has 0 bridgehead atoms. The summed E-state index contributed by atoms with van der Waals surface area (Å²) in [7, 11) is 0. The summed E-state index contributed by atoms with van der Waals surface area (Å²) in [6.07, 6.45) is 5.15. The Morgan fingerprint density at radius 1 is 1.38 bits per heavy atom. The van der Waals surface area contributed by atoms with E-state index in [0.717, 1.165) is 34.3 Å². The number of esters is 1.